The minimum atomic E-state index is -0.700. The van der Waals surface area contributed by atoms with E-state index in [4.69, 9.17) is 14.9 Å². The molecule has 0 atom stereocenters. The Bertz CT molecular complexity index is 298. The second-order valence-corrected chi connectivity index (χ2v) is 2.91. The zero-order valence-corrected chi connectivity index (χ0v) is 8.09. The first-order chi connectivity index (χ1) is 7.26. The third-order valence-corrected chi connectivity index (χ3v) is 1.72. The van der Waals surface area contributed by atoms with Gasteiger partial charge in [0, 0.05) is 0 Å². The number of para-hydroxylation sites is 1. The number of amides is 1. The van der Waals surface area contributed by atoms with Crippen LogP contribution in [0.4, 0.5) is 4.79 Å². The summed E-state index contributed by atoms with van der Waals surface area (Å²) in [5.74, 6) is 0.407. The SMILES string of the molecule is O=C(NC(CO)CO)Oc1ccccc1. The highest BCUT2D eigenvalue weighted by Gasteiger charge is 2.11. The maximum atomic E-state index is 11.2. The van der Waals surface area contributed by atoms with E-state index in [0.717, 1.165) is 0 Å². The predicted octanol–water partition coefficient (Wildman–Crippen LogP) is 0.128. The Morgan fingerprint density at radius 1 is 1.27 bits per heavy atom. The molecule has 5 heteroatoms. The Balaban J connectivity index is 2.43. The number of rotatable bonds is 4. The normalized spacial score (nSPS) is 10.1. The van der Waals surface area contributed by atoms with Gasteiger partial charge in [0.05, 0.1) is 19.3 Å². The van der Waals surface area contributed by atoms with Gasteiger partial charge < -0.3 is 20.3 Å². The average Bonchev–Trinajstić information content (AvgIpc) is 2.27. The first-order valence-corrected chi connectivity index (χ1v) is 4.51. The largest absolute Gasteiger partial charge is 0.412 e. The number of hydrogen-bond acceptors (Lipinski definition) is 4. The molecule has 1 aromatic carbocycles. The van der Waals surface area contributed by atoms with Crippen LogP contribution in [0.15, 0.2) is 30.3 Å². The molecular weight excluding hydrogens is 198 g/mol. The summed E-state index contributed by atoms with van der Waals surface area (Å²) < 4.78 is 4.88. The van der Waals surface area contributed by atoms with Gasteiger partial charge in [-0.1, -0.05) is 18.2 Å². The zero-order valence-electron chi connectivity index (χ0n) is 8.09. The summed E-state index contributed by atoms with van der Waals surface area (Å²) in [7, 11) is 0. The van der Waals surface area contributed by atoms with E-state index < -0.39 is 12.1 Å². The Morgan fingerprint density at radius 2 is 1.87 bits per heavy atom. The monoisotopic (exact) mass is 211 g/mol. The van der Waals surface area contributed by atoms with Crippen LogP contribution in [0.25, 0.3) is 0 Å². The number of ether oxygens (including phenoxy) is 1. The van der Waals surface area contributed by atoms with Gasteiger partial charge in [0.25, 0.3) is 0 Å². The van der Waals surface area contributed by atoms with Gasteiger partial charge in [-0.15, -0.1) is 0 Å². The molecule has 0 spiro atoms. The van der Waals surface area contributed by atoms with Crippen LogP contribution < -0.4 is 10.1 Å². The summed E-state index contributed by atoms with van der Waals surface area (Å²) in [6, 6.07) is 7.84. The number of hydrogen-bond donors (Lipinski definition) is 3. The van der Waals surface area contributed by atoms with Crippen molar-refractivity contribution in [3.63, 3.8) is 0 Å². The van der Waals surface area contributed by atoms with Crippen LogP contribution in [0.1, 0.15) is 0 Å². The molecule has 1 rings (SSSR count). The highest BCUT2D eigenvalue weighted by atomic mass is 16.6. The molecular formula is C10H13NO4. The average molecular weight is 211 g/mol. The van der Waals surface area contributed by atoms with E-state index in [1.54, 1.807) is 30.3 Å². The molecule has 0 saturated carbocycles. The predicted molar refractivity (Wildman–Crippen MR) is 53.6 cm³/mol. The number of aliphatic hydroxyl groups is 2. The van der Waals surface area contributed by atoms with Gasteiger partial charge in [0.15, 0.2) is 0 Å². The molecule has 0 aliphatic heterocycles. The number of benzene rings is 1. The maximum Gasteiger partial charge on any atom is 0.412 e. The van der Waals surface area contributed by atoms with Crippen molar-refractivity contribution in [3.05, 3.63) is 30.3 Å². The first kappa shape index (κ1) is 11.5. The Labute approximate surface area is 87.3 Å². The lowest BCUT2D eigenvalue weighted by Gasteiger charge is -2.12. The highest BCUT2D eigenvalue weighted by Crippen LogP contribution is 2.08. The first-order valence-electron chi connectivity index (χ1n) is 4.51. The maximum absolute atomic E-state index is 11.2. The van der Waals surface area contributed by atoms with E-state index in [1.165, 1.54) is 0 Å². The van der Waals surface area contributed by atoms with E-state index in [2.05, 4.69) is 5.32 Å². The summed E-state index contributed by atoms with van der Waals surface area (Å²) in [5.41, 5.74) is 0. The highest BCUT2D eigenvalue weighted by molar-refractivity contribution is 5.70. The van der Waals surface area contributed by atoms with Gasteiger partial charge in [0.2, 0.25) is 0 Å². The topological polar surface area (TPSA) is 78.8 Å². The fourth-order valence-electron chi connectivity index (χ4n) is 0.941. The van der Waals surface area contributed by atoms with Crippen molar-refractivity contribution in [3.8, 4) is 5.75 Å². The number of carbonyl (C=O) groups is 1. The standard InChI is InChI=1S/C10H13NO4/c12-6-8(7-13)11-10(14)15-9-4-2-1-3-5-9/h1-5,8,12-13H,6-7H2,(H,11,14). The van der Waals surface area contributed by atoms with E-state index >= 15 is 0 Å². The third kappa shape index (κ3) is 3.97. The zero-order chi connectivity index (χ0) is 11.1. The van der Waals surface area contributed by atoms with Gasteiger partial charge in [-0.25, -0.2) is 4.79 Å². The Kier molecular flexibility index (Phi) is 4.59. The van der Waals surface area contributed by atoms with Crippen LogP contribution in [0.5, 0.6) is 5.75 Å². The van der Waals surface area contributed by atoms with Crippen LogP contribution >= 0.6 is 0 Å². The molecule has 0 aliphatic carbocycles. The molecule has 5 nitrogen and oxygen atoms in total. The van der Waals surface area contributed by atoms with Crippen molar-refractivity contribution in [2.75, 3.05) is 13.2 Å². The molecule has 0 fully saturated rings. The van der Waals surface area contributed by atoms with Crippen molar-refractivity contribution in [1.82, 2.24) is 5.32 Å². The molecule has 0 bridgehead atoms. The van der Waals surface area contributed by atoms with Crippen molar-refractivity contribution in [2.24, 2.45) is 0 Å². The fraction of sp³-hybridized carbons (Fsp3) is 0.300. The quantitative estimate of drug-likeness (QED) is 0.661. The molecule has 82 valence electrons. The molecule has 0 radical (unpaired) electrons. The molecule has 0 heterocycles. The summed E-state index contributed by atoms with van der Waals surface area (Å²) in [4.78, 5) is 11.2. The number of carbonyl (C=O) groups excluding carboxylic acids is 1. The second kappa shape index (κ2) is 6.00. The molecule has 0 unspecified atom stereocenters. The van der Waals surface area contributed by atoms with E-state index in [-0.39, 0.29) is 13.2 Å². The van der Waals surface area contributed by atoms with Crippen molar-refractivity contribution >= 4 is 6.09 Å². The minimum Gasteiger partial charge on any atom is -0.410 e. The lowest BCUT2D eigenvalue weighted by atomic mass is 10.3. The molecule has 0 saturated heterocycles. The third-order valence-electron chi connectivity index (χ3n) is 1.72. The van der Waals surface area contributed by atoms with Gasteiger partial charge in [-0.05, 0) is 12.1 Å². The fourth-order valence-corrected chi connectivity index (χ4v) is 0.941. The summed E-state index contributed by atoms with van der Waals surface area (Å²) in [6.07, 6.45) is -0.700. The summed E-state index contributed by atoms with van der Waals surface area (Å²) in [5, 5.41) is 19.7. The van der Waals surface area contributed by atoms with Crippen LogP contribution in [-0.4, -0.2) is 35.6 Å². The van der Waals surface area contributed by atoms with Crippen molar-refractivity contribution < 1.29 is 19.7 Å². The summed E-state index contributed by atoms with van der Waals surface area (Å²) >= 11 is 0. The van der Waals surface area contributed by atoms with Crippen LogP contribution in [0.2, 0.25) is 0 Å². The number of aliphatic hydroxyl groups excluding tert-OH is 2. The Hall–Kier alpha value is -1.59. The number of nitrogens with one attached hydrogen (secondary N) is 1. The second-order valence-electron chi connectivity index (χ2n) is 2.91. The van der Waals surface area contributed by atoms with E-state index in [1.807, 2.05) is 0 Å². The van der Waals surface area contributed by atoms with Crippen LogP contribution in [0, 0.1) is 0 Å². The van der Waals surface area contributed by atoms with Gasteiger partial charge in [-0.2, -0.15) is 0 Å². The Morgan fingerprint density at radius 3 is 2.40 bits per heavy atom. The van der Waals surface area contributed by atoms with Gasteiger partial charge >= 0.3 is 6.09 Å². The molecule has 15 heavy (non-hydrogen) atoms. The van der Waals surface area contributed by atoms with Crippen LogP contribution in [-0.2, 0) is 0 Å². The van der Waals surface area contributed by atoms with Gasteiger partial charge in [-0.3, -0.25) is 0 Å². The van der Waals surface area contributed by atoms with Gasteiger partial charge in [0.1, 0.15) is 5.75 Å². The molecule has 0 aromatic heterocycles. The smallest absolute Gasteiger partial charge is 0.410 e. The van der Waals surface area contributed by atoms with Crippen molar-refractivity contribution in [2.45, 2.75) is 6.04 Å². The van der Waals surface area contributed by atoms with Crippen LogP contribution in [0.3, 0.4) is 0 Å². The minimum absolute atomic E-state index is 0.333. The summed E-state index contributed by atoms with van der Waals surface area (Å²) in [6.45, 7) is -0.666. The molecule has 1 amide bonds. The molecule has 3 N–H and O–H groups in total. The van der Waals surface area contributed by atoms with E-state index in [0.29, 0.717) is 5.75 Å². The lowest BCUT2D eigenvalue weighted by molar-refractivity contribution is 0.153. The van der Waals surface area contributed by atoms with E-state index in [9.17, 15) is 4.79 Å². The lowest BCUT2D eigenvalue weighted by Crippen LogP contribution is -2.41. The van der Waals surface area contributed by atoms with Crippen molar-refractivity contribution in [1.29, 1.82) is 0 Å². The molecule has 1 aromatic rings. The molecule has 0 aliphatic rings.